The molecule has 14 heavy (non-hydrogen) atoms. The first-order valence-electron chi connectivity index (χ1n) is 1.55. The van der Waals surface area contributed by atoms with E-state index in [9.17, 15) is 0 Å². The van der Waals surface area contributed by atoms with Crippen LogP contribution in [0.15, 0.2) is 0 Å². The van der Waals surface area contributed by atoms with Gasteiger partial charge in [-0.05, 0) is 0 Å². The van der Waals surface area contributed by atoms with E-state index in [1.165, 1.54) is 0 Å². The molecule has 3 atom stereocenters. The number of hydrogen-bond donors (Lipinski definition) is 3. The fourth-order valence-corrected chi connectivity index (χ4v) is 0. The molecular formula is H3CuNaO9S3. The van der Waals surface area contributed by atoms with Crippen molar-refractivity contribution in [3.8, 4) is 0 Å². The maximum atomic E-state index is 8.56. The van der Waals surface area contributed by atoms with Crippen LogP contribution in [0.25, 0.3) is 0 Å². The van der Waals surface area contributed by atoms with Gasteiger partial charge in [0.05, 0.1) is 34.1 Å². The van der Waals surface area contributed by atoms with E-state index >= 15 is 0 Å². The molecule has 9 nitrogen and oxygen atoms in total. The molecule has 3 N–H and O–H groups in total. The first kappa shape index (κ1) is 29.6. The molecule has 3 unspecified atom stereocenters. The molecule has 0 amide bonds. The molecule has 0 aliphatic rings. The molecule has 0 saturated carbocycles. The summed E-state index contributed by atoms with van der Waals surface area (Å²) in [5, 5.41) is 0. The second-order valence-electron chi connectivity index (χ2n) is 0.651. The summed E-state index contributed by atoms with van der Waals surface area (Å²) in [6.07, 6.45) is 0. The van der Waals surface area contributed by atoms with Gasteiger partial charge in [-0.2, -0.15) is 0 Å². The van der Waals surface area contributed by atoms with Gasteiger partial charge >= 0.3 is 46.6 Å². The van der Waals surface area contributed by atoms with Gasteiger partial charge in [0.2, 0.25) is 0 Å². The van der Waals surface area contributed by atoms with Gasteiger partial charge in [0, 0.05) is 0 Å². The van der Waals surface area contributed by atoms with Gasteiger partial charge in [-0.3, -0.25) is 0 Å². The van der Waals surface area contributed by atoms with E-state index in [0.717, 1.165) is 0 Å². The average molecular weight is 330 g/mol. The maximum absolute atomic E-state index is 8.56. The normalized spacial score (nSPS) is 13.3. The quantitative estimate of drug-likeness (QED) is 0.289. The third-order valence-electron chi connectivity index (χ3n) is 0. The fourth-order valence-electron chi connectivity index (χ4n) is 0. The van der Waals surface area contributed by atoms with Gasteiger partial charge in [0.15, 0.2) is 0 Å². The molecule has 0 aromatic heterocycles. The van der Waals surface area contributed by atoms with Crippen LogP contribution in [0.4, 0.5) is 0 Å². The van der Waals surface area contributed by atoms with Gasteiger partial charge in [0.25, 0.3) is 0 Å². The summed E-state index contributed by atoms with van der Waals surface area (Å²) in [6.45, 7) is 0. The van der Waals surface area contributed by atoms with Crippen LogP contribution >= 0.6 is 0 Å². The summed E-state index contributed by atoms with van der Waals surface area (Å²) < 4.78 is 72.2. The average Bonchev–Trinajstić information content (AvgIpc) is 1.54. The van der Waals surface area contributed by atoms with E-state index in [1.54, 1.807) is 0 Å². The Hall–Kier alpha value is 1.73. The van der Waals surface area contributed by atoms with Crippen LogP contribution in [0.1, 0.15) is 0 Å². The molecule has 0 saturated heterocycles. The minimum Gasteiger partial charge on any atom is -0.750 e. The molecule has 1 radical (unpaired) electrons. The minimum atomic E-state index is -2.86. The van der Waals surface area contributed by atoms with Crippen LogP contribution in [0.2, 0.25) is 0 Å². The largest absolute Gasteiger partial charge is 2.00 e. The van der Waals surface area contributed by atoms with Crippen LogP contribution in [-0.2, 0) is 51.2 Å². The zero-order valence-corrected chi connectivity index (χ0v) is 11.7. The molecular weight excluding hydrogens is 327 g/mol. The van der Waals surface area contributed by atoms with Gasteiger partial charge < -0.3 is 27.3 Å². The Bertz CT molecular complexity index is 118. The monoisotopic (exact) mass is 329 g/mol. The predicted molar refractivity (Wildman–Crippen MR) is 34.6 cm³/mol. The van der Waals surface area contributed by atoms with Crippen molar-refractivity contribution < 1.29 is 86.6 Å². The maximum Gasteiger partial charge on any atom is 2.00 e. The van der Waals surface area contributed by atoms with Crippen molar-refractivity contribution in [3.63, 3.8) is 0 Å². The first-order valence-corrected chi connectivity index (χ1v) is 4.64. The molecule has 0 rings (SSSR count). The molecule has 0 aromatic rings. The van der Waals surface area contributed by atoms with Crippen molar-refractivity contribution in [1.82, 2.24) is 0 Å². The molecule has 0 heterocycles. The standard InChI is InChI=1S/Cu.Na.3H2O3S/c;;3*1-4(2)3/h;;3*(H2,1,2,3)/q+2;+1;;;/p-3. The number of hydrogen-bond acceptors (Lipinski definition) is 6. The zero-order valence-electron chi connectivity index (χ0n) is 6.32. The topological polar surface area (TPSA) is 181 Å². The molecule has 0 spiro atoms. The summed E-state index contributed by atoms with van der Waals surface area (Å²) >= 11 is -8.58. The van der Waals surface area contributed by atoms with Crippen molar-refractivity contribution >= 4 is 34.1 Å². The summed E-state index contributed by atoms with van der Waals surface area (Å²) in [6, 6.07) is 0. The van der Waals surface area contributed by atoms with Gasteiger partial charge in [-0.1, -0.05) is 0 Å². The van der Waals surface area contributed by atoms with Gasteiger partial charge in [-0.25, -0.2) is 12.6 Å². The molecule has 0 fully saturated rings. The van der Waals surface area contributed by atoms with Crippen molar-refractivity contribution in [3.05, 3.63) is 0 Å². The van der Waals surface area contributed by atoms with Crippen LogP contribution in [-0.4, -0.2) is 39.9 Å². The Labute approximate surface area is 120 Å². The first-order chi connectivity index (χ1) is 5.20. The summed E-state index contributed by atoms with van der Waals surface area (Å²) in [4.78, 5) is 0. The van der Waals surface area contributed by atoms with E-state index in [2.05, 4.69) is 0 Å². The molecule has 0 aliphatic heterocycles. The van der Waals surface area contributed by atoms with Crippen molar-refractivity contribution in [1.29, 1.82) is 0 Å². The van der Waals surface area contributed by atoms with E-state index < -0.39 is 34.1 Å². The summed E-state index contributed by atoms with van der Waals surface area (Å²) in [5.74, 6) is 0. The second kappa shape index (κ2) is 24.1. The van der Waals surface area contributed by atoms with E-state index in [0.29, 0.717) is 0 Å². The Morgan fingerprint density at radius 2 is 0.714 bits per heavy atom. The van der Waals surface area contributed by atoms with Crippen molar-refractivity contribution in [2.75, 3.05) is 0 Å². The zero-order chi connectivity index (χ0) is 10.7. The second-order valence-corrected chi connectivity index (χ2v) is 1.95. The third kappa shape index (κ3) is 744. The third-order valence-corrected chi connectivity index (χ3v) is 0. The Balaban J connectivity index is -0.0000000270. The smallest absolute Gasteiger partial charge is 0.750 e. The summed E-state index contributed by atoms with van der Waals surface area (Å²) in [7, 11) is 0. The van der Waals surface area contributed by atoms with E-state index in [4.69, 9.17) is 39.9 Å². The Morgan fingerprint density at radius 1 is 0.714 bits per heavy atom. The van der Waals surface area contributed by atoms with E-state index in [-0.39, 0.29) is 46.6 Å². The van der Waals surface area contributed by atoms with Crippen molar-refractivity contribution in [2.24, 2.45) is 0 Å². The molecule has 0 aromatic carbocycles. The SMILES string of the molecule is O=S([O-])O.O=S([O-])O.O=S([O-])O.[Cu+2].[Na+]. The fraction of sp³-hybridized carbons (Fsp3) is 0. The van der Waals surface area contributed by atoms with Crippen molar-refractivity contribution in [2.45, 2.75) is 0 Å². The van der Waals surface area contributed by atoms with Crippen LogP contribution in [0.5, 0.6) is 0 Å². The summed E-state index contributed by atoms with van der Waals surface area (Å²) in [5.41, 5.74) is 0. The number of rotatable bonds is 0. The van der Waals surface area contributed by atoms with Crippen LogP contribution in [0, 0.1) is 0 Å². The van der Waals surface area contributed by atoms with E-state index in [1.807, 2.05) is 0 Å². The van der Waals surface area contributed by atoms with Crippen LogP contribution < -0.4 is 29.6 Å². The molecule has 87 valence electrons. The molecule has 14 heteroatoms. The Morgan fingerprint density at radius 3 is 0.714 bits per heavy atom. The molecule has 0 aliphatic carbocycles. The predicted octanol–water partition coefficient (Wildman–Crippen LogP) is -4.98. The van der Waals surface area contributed by atoms with Gasteiger partial charge in [0.1, 0.15) is 0 Å². The van der Waals surface area contributed by atoms with Crippen LogP contribution in [0.3, 0.4) is 0 Å². The minimum absolute atomic E-state index is 0. The van der Waals surface area contributed by atoms with Gasteiger partial charge in [-0.15, -0.1) is 0 Å². The Kier molecular flexibility index (Phi) is 51.1. The molecule has 0 bridgehead atoms.